The van der Waals surface area contributed by atoms with Gasteiger partial charge in [-0.25, -0.2) is 13.1 Å². The first-order valence-electron chi connectivity index (χ1n) is 14.2. The summed E-state index contributed by atoms with van der Waals surface area (Å²) in [6, 6.07) is 10.0. The minimum atomic E-state index is -5.12. The number of aliphatic hydroxyl groups is 1. The molecule has 2 bridgehead atoms. The number of amides is 1. The van der Waals surface area contributed by atoms with Gasteiger partial charge < -0.3 is 14.7 Å². The molecule has 0 saturated heterocycles. The average molecular weight is 627 g/mol. The molecule has 1 unspecified atom stereocenters. The summed E-state index contributed by atoms with van der Waals surface area (Å²) < 4.78 is 74.9. The quantitative estimate of drug-likeness (QED) is 0.360. The summed E-state index contributed by atoms with van der Waals surface area (Å²) in [6.07, 6.45) is 0.0165. The highest BCUT2D eigenvalue weighted by atomic mass is 35.5. The van der Waals surface area contributed by atoms with Gasteiger partial charge in [0.25, 0.3) is 5.91 Å². The van der Waals surface area contributed by atoms with E-state index in [2.05, 4.69) is 4.90 Å². The Hall–Kier alpha value is -2.76. The molecule has 2 aliphatic heterocycles. The number of nitrogens with zero attached hydrogens (tertiary/aromatic N) is 1. The summed E-state index contributed by atoms with van der Waals surface area (Å²) >= 11 is 6.25. The van der Waals surface area contributed by atoms with Crippen molar-refractivity contribution in [3.05, 3.63) is 70.3 Å². The minimum absolute atomic E-state index is 0.0508. The topological polar surface area (TPSA) is 95.9 Å². The summed E-state index contributed by atoms with van der Waals surface area (Å²) in [6.45, 7) is 1.42. The predicted molar refractivity (Wildman–Crippen MR) is 154 cm³/mol. The summed E-state index contributed by atoms with van der Waals surface area (Å²) in [4.78, 5) is 15.2. The molecule has 2 aromatic rings. The van der Waals surface area contributed by atoms with Crippen LogP contribution in [0, 0.1) is 11.8 Å². The van der Waals surface area contributed by atoms with Crippen molar-refractivity contribution in [2.75, 3.05) is 18.0 Å². The molecule has 228 valence electrons. The highest BCUT2D eigenvalue weighted by Gasteiger charge is 2.48. The molecular weight excluding hydrogens is 593 g/mol. The van der Waals surface area contributed by atoms with Crippen LogP contribution in [-0.4, -0.2) is 50.1 Å². The fourth-order valence-corrected chi connectivity index (χ4v) is 7.45. The molecule has 0 aromatic heterocycles. The molecule has 3 aliphatic rings. The van der Waals surface area contributed by atoms with Crippen LogP contribution in [0.15, 0.2) is 48.6 Å². The smallest absolute Gasteiger partial charge is 0.407 e. The van der Waals surface area contributed by atoms with Crippen molar-refractivity contribution in [3.63, 3.8) is 0 Å². The van der Waals surface area contributed by atoms with Crippen LogP contribution in [0.1, 0.15) is 60.0 Å². The molecule has 1 saturated carbocycles. The van der Waals surface area contributed by atoms with E-state index in [1.54, 1.807) is 16.9 Å². The first-order chi connectivity index (χ1) is 19.9. The number of carbonyl (C=O) groups excluding carboxylic acids is 1. The Morgan fingerprint density at radius 3 is 2.55 bits per heavy atom. The van der Waals surface area contributed by atoms with Gasteiger partial charge in [-0.3, -0.25) is 4.79 Å². The second kappa shape index (κ2) is 12.5. The maximum Gasteiger partial charge on any atom is 0.407 e. The second-order valence-electron chi connectivity index (χ2n) is 11.3. The third-order valence-corrected chi connectivity index (χ3v) is 10.4. The number of sulfonamides is 1. The number of benzene rings is 2. The summed E-state index contributed by atoms with van der Waals surface area (Å²) in [5.74, 6) is -0.596. The van der Waals surface area contributed by atoms with E-state index in [0.29, 0.717) is 29.5 Å². The van der Waals surface area contributed by atoms with E-state index >= 15 is 0 Å². The Kier molecular flexibility index (Phi) is 9.10. The molecule has 1 amide bonds. The van der Waals surface area contributed by atoms with E-state index in [-0.39, 0.29) is 30.4 Å². The van der Waals surface area contributed by atoms with Crippen molar-refractivity contribution >= 4 is 33.2 Å². The molecule has 5 rings (SSSR count). The maximum absolute atomic E-state index is 13.8. The molecule has 7 nitrogen and oxygen atoms in total. The first kappa shape index (κ1) is 30.7. The third kappa shape index (κ3) is 6.89. The highest BCUT2D eigenvalue weighted by Crippen LogP contribution is 2.41. The van der Waals surface area contributed by atoms with Crippen LogP contribution in [0.5, 0.6) is 5.75 Å². The summed E-state index contributed by atoms with van der Waals surface area (Å²) in [5, 5.41) is 8.70. The van der Waals surface area contributed by atoms with E-state index in [4.69, 9.17) is 16.3 Å². The van der Waals surface area contributed by atoms with E-state index in [1.165, 1.54) is 18.2 Å². The zero-order valence-corrected chi connectivity index (χ0v) is 24.5. The van der Waals surface area contributed by atoms with Crippen LogP contribution in [0.2, 0.25) is 5.02 Å². The molecule has 2 aromatic carbocycles. The lowest BCUT2D eigenvalue weighted by Crippen LogP contribution is -2.46. The van der Waals surface area contributed by atoms with Crippen molar-refractivity contribution in [2.24, 2.45) is 11.8 Å². The number of nitrogens with one attached hydrogen (secondary N) is 1. The van der Waals surface area contributed by atoms with E-state index in [9.17, 15) is 31.5 Å². The van der Waals surface area contributed by atoms with Crippen molar-refractivity contribution in [2.45, 2.75) is 69.1 Å². The van der Waals surface area contributed by atoms with Gasteiger partial charge >= 0.3 is 6.18 Å². The van der Waals surface area contributed by atoms with E-state index < -0.39 is 39.9 Å². The molecule has 1 aliphatic carbocycles. The Morgan fingerprint density at radius 2 is 1.81 bits per heavy atom. The zero-order valence-electron chi connectivity index (χ0n) is 22.9. The predicted octanol–water partition coefficient (Wildman–Crippen LogP) is 5.79. The highest BCUT2D eigenvalue weighted by molar-refractivity contribution is 7.90. The van der Waals surface area contributed by atoms with Crippen LogP contribution in [0.3, 0.4) is 0 Å². The standard InChI is InChI=1S/C30H34ClF3N2O5S/c31-23-11-8-22-18-41-27-13-10-20-16-25(27)36(14-4-3-5-19(22)15-23)17-21-9-12-24(21)26(37)6-1-2-7-28(30(32,33)34)42(39,40)35-29(20)38/h1-2,8,10-11,13,15-16,21,24,26,28,37H,3-7,9,12,14,17-18H2,(H,35,38)/b2-1-/t21?,24-,26+,28-/m1/s1. The Labute approximate surface area is 248 Å². The van der Waals surface area contributed by atoms with Gasteiger partial charge in [0.15, 0.2) is 5.25 Å². The number of halogens is 4. The van der Waals surface area contributed by atoms with Gasteiger partial charge in [-0.2, -0.15) is 13.2 Å². The van der Waals surface area contributed by atoms with Gasteiger partial charge in [0, 0.05) is 23.7 Å². The number of aliphatic hydroxyl groups excluding tert-OH is 1. The van der Waals surface area contributed by atoms with Crippen molar-refractivity contribution in [1.29, 1.82) is 0 Å². The SMILES string of the molecule is O=C1NS(=O)(=O)[C@@H](C(F)(F)F)C/C=C\C[C@H](O)[C@@H]2CCC2CN2CCCCc3cc(Cl)ccc3COc3ccc1cc32. The number of alkyl halides is 3. The van der Waals surface area contributed by atoms with Gasteiger partial charge in [-0.05, 0) is 98.2 Å². The normalized spacial score (nSPS) is 27.6. The van der Waals surface area contributed by atoms with E-state index in [1.807, 2.05) is 12.1 Å². The number of rotatable bonds is 0. The van der Waals surface area contributed by atoms with Crippen LogP contribution >= 0.6 is 11.6 Å². The molecule has 0 spiro atoms. The van der Waals surface area contributed by atoms with Crippen molar-refractivity contribution in [3.8, 4) is 5.75 Å². The molecular formula is C30H34ClF3N2O5S. The lowest BCUT2D eigenvalue weighted by molar-refractivity contribution is -0.129. The molecule has 4 atom stereocenters. The number of carbonyl (C=O) groups is 1. The molecule has 12 heteroatoms. The minimum Gasteiger partial charge on any atom is -0.487 e. The number of hydrogen-bond acceptors (Lipinski definition) is 6. The van der Waals surface area contributed by atoms with E-state index in [0.717, 1.165) is 49.3 Å². The van der Waals surface area contributed by atoms with Crippen LogP contribution in [0.25, 0.3) is 0 Å². The molecule has 2 N–H and O–H groups in total. The van der Waals surface area contributed by atoms with Crippen molar-refractivity contribution in [1.82, 2.24) is 4.72 Å². The fraction of sp³-hybridized carbons (Fsp3) is 0.500. The molecule has 0 radical (unpaired) electrons. The molecule has 42 heavy (non-hydrogen) atoms. The van der Waals surface area contributed by atoms with Crippen LogP contribution in [0.4, 0.5) is 18.9 Å². The average Bonchev–Trinajstić information content (AvgIpc) is 2.92. The molecule has 1 fully saturated rings. The van der Waals surface area contributed by atoms with Gasteiger partial charge in [0.2, 0.25) is 10.0 Å². The Morgan fingerprint density at radius 1 is 1.02 bits per heavy atom. The largest absolute Gasteiger partial charge is 0.487 e. The Bertz CT molecular complexity index is 1450. The zero-order chi connectivity index (χ0) is 30.1. The first-order valence-corrected chi connectivity index (χ1v) is 16.1. The van der Waals surface area contributed by atoms with Gasteiger partial charge in [0.05, 0.1) is 11.8 Å². The number of aryl methyl sites for hydroxylation is 1. The van der Waals surface area contributed by atoms with Crippen LogP contribution in [-0.2, 0) is 23.1 Å². The molecule has 2 heterocycles. The lowest BCUT2D eigenvalue weighted by atomic mass is 9.69. The van der Waals surface area contributed by atoms with Gasteiger partial charge in [0.1, 0.15) is 12.4 Å². The van der Waals surface area contributed by atoms with Gasteiger partial charge in [-0.1, -0.05) is 29.8 Å². The summed E-state index contributed by atoms with van der Waals surface area (Å²) in [5.41, 5.74) is 2.51. The number of allylic oxidation sites excluding steroid dienone is 1. The van der Waals surface area contributed by atoms with Gasteiger partial charge in [-0.15, -0.1) is 0 Å². The Balaban J connectivity index is 1.55. The number of ether oxygens (including phenoxy) is 1. The van der Waals surface area contributed by atoms with Crippen molar-refractivity contribution < 1.29 is 36.2 Å². The monoisotopic (exact) mass is 626 g/mol. The number of anilines is 1. The fourth-order valence-electron chi connectivity index (χ4n) is 6.02. The second-order valence-corrected chi connectivity index (χ2v) is 13.6. The number of fused-ring (bicyclic) bond motifs is 3. The summed E-state index contributed by atoms with van der Waals surface area (Å²) in [7, 11) is -5.12. The lowest BCUT2D eigenvalue weighted by Gasteiger charge is -2.43. The van der Waals surface area contributed by atoms with Crippen LogP contribution < -0.4 is 14.4 Å². The third-order valence-electron chi connectivity index (χ3n) is 8.53. The number of hydrogen-bond donors (Lipinski definition) is 2. The maximum atomic E-state index is 13.8.